The minimum atomic E-state index is -0.266. The summed E-state index contributed by atoms with van der Waals surface area (Å²) in [6, 6.07) is 19.5. The monoisotopic (exact) mass is 389 g/mol. The lowest BCUT2D eigenvalue weighted by atomic mass is 10.1. The van der Waals surface area contributed by atoms with Crippen LogP contribution in [0.4, 0.5) is 10.1 Å². The molecule has 146 valence electrons. The first-order valence-electron chi connectivity index (χ1n) is 9.22. The van der Waals surface area contributed by atoms with E-state index in [1.165, 1.54) is 12.1 Å². The highest BCUT2D eigenvalue weighted by Gasteiger charge is 2.20. The zero-order valence-corrected chi connectivity index (χ0v) is 15.9. The van der Waals surface area contributed by atoms with Gasteiger partial charge in [0.15, 0.2) is 0 Å². The van der Waals surface area contributed by atoms with Gasteiger partial charge >= 0.3 is 0 Å². The van der Waals surface area contributed by atoms with Crippen molar-refractivity contribution in [3.63, 3.8) is 0 Å². The number of ether oxygens (including phenoxy) is 1. The highest BCUT2D eigenvalue weighted by molar-refractivity contribution is 5.95. The van der Waals surface area contributed by atoms with Crippen LogP contribution in [0.2, 0.25) is 0 Å². The number of fused-ring (bicyclic) bond motifs is 1. The molecule has 3 aromatic carbocycles. The molecule has 0 atom stereocenters. The van der Waals surface area contributed by atoms with E-state index < -0.39 is 0 Å². The van der Waals surface area contributed by atoms with Gasteiger partial charge in [-0.05, 0) is 77.4 Å². The first-order valence-corrected chi connectivity index (χ1v) is 9.22. The molecule has 1 N–H and O–H groups in total. The Balaban J connectivity index is 1.40. The van der Waals surface area contributed by atoms with Crippen molar-refractivity contribution in [1.29, 1.82) is 0 Å². The van der Waals surface area contributed by atoms with E-state index in [1.807, 2.05) is 36.4 Å². The van der Waals surface area contributed by atoms with E-state index in [0.717, 1.165) is 34.7 Å². The fourth-order valence-corrected chi connectivity index (χ4v) is 3.29. The van der Waals surface area contributed by atoms with Crippen molar-refractivity contribution in [2.24, 2.45) is 5.10 Å². The summed E-state index contributed by atoms with van der Waals surface area (Å²) < 4.78 is 18.3. The zero-order valence-electron chi connectivity index (χ0n) is 15.9. The van der Waals surface area contributed by atoms with Gasteiger partial charge < -0.3 is 9.64 Å². The van der Waals surface area contributed by atoms with E-state index >= 15 is 0 Å². The van der Waals surface area contributed by atoms with Gasteiger partial charge in [0, 0.05) is 24.3 Å². The number of carbonyl (C=O) groups is 1. The number of amides is 1. The molecule has 3 aromatic rings. The van der Waals surface area contributed by atoms with Crippen molar-refractivity contribution in [2.75, 3.05) is 12.0 Å². The molecule has 1 amide bonds. The molecule has 4 rings (SSSR count). The average Bonchev–Trinajstić information content (AvgIpc) is 3.18. The van der Waals surface area contributed by atoms with E-state index in [4.69, 9.17) is 4.74 Å². The number of rotatable bonds is 5. The Labute approximate surface area is 168 Å². The number of anilines is 1. The number of nitrogens with zero attached hydrogens (tertiary/aromatic N) is 2. The number of hydrogen-bond donors (Lipinski definition) is 1. The normalized spacial score (nSPS) is 12.8. The van der Waals surface area contributed by atoms with Crippen LogP contribution < -0.4 is 15.1 Å². The molecule has 1 heterocycles. The molecule has 0 bridgehead atoms. The van der Waals surface area contributed by atoms with E-state index in [-0.39, 0.29) is 11.7 Å². The molecule has 5 nitrogen and oxygen atoms in total. The van der Waals surface area contributed by atoms with Crippen LogP contribution in [-0.4, -0.2) is 19.2 Å². The zero-order chi connectivity index (χ0) is 20.2. The average molecular weight is 389 g/mol. The van der Waals surface area contributed by atoms with Crippen LogP contribution in [0.3, 0.4) is 0 Å². The van der Waals surface area contributed by atoms with Crippen LogP contribution in [0.5, 0.6) is 5.75 Å². The molecule has 0 aliphatic carbocycles. The summed E-state index contributed by atoms with van der Waals surface area (Å²) in [6.07, 6.45) is 1.58. The second kappa shape index (κ2) is 8.14. The molecule has 0 spiro atoms. The number of halogens is 1. The van der Waals surface area contributed by atoms with Gasteiger partial charge in [-0.25, -0.2) is 9.82 Å². The maximum atomic E-state index is 13.1. The fraction of sp³-hybridized carbons (Fsp3) is 0.130. The standard InChI is InChI=1S/C23H20FN3O2/c1-29-22-10-2-16(3-11-22)13-25-26-23(28)17-4-5-18-14-27(15-19(18)12-17)21-8-6-20(24)7-9-21/h2-13H,14-15H2,1H3,(H,26,28)/b25-13+. The molecule has 6 heteroatoms. The highest BCUT2D eigenvalue weighted by Crippen LogP contribution is 2.29. The van der Waals surface area contributed by atoms with E-state index in [9.17, 15) is 9.18 Å². The van der Waals surface area contributed by atoms with Gasteiger partial charge in [-0.2, -0.15) is 5.10 Å². The van der Waals surface area contributed by atoms with Crippen molar-refractivity contribution in [2.45, 2.75) is 13.1 Å². The summed E-state index contributed by atoms with van der Waals surface area (Å²) in [4.78, 5) is 14.6. The Bertz CT molecular complexity index is 1050. The van der Waals surface area contributed by atoms with Crippen molar-refractivity contribution in [1.82, 2.24) is 5.43 Å². The molecule has 0 saturated heterocycles. The van der Waals surface area contributed by atoms with Crippen molar-refractivity contribution in [3.8, 4) is 5.75 Å². The number of hydrazone groups is 1. The van der Waals surface area contributed by atoms with Crippen LogP contribution in [0.25, 0.3) is 0 Å². The lowest BCUT2D eigenvalue weighted by Crippen LogP contribution is -2.17. The van der Waals surface area contributed by atoms with Crippen LogP contribution >= 0.6 is 0 Å². The van der Waals surface area contributed by atoms with Gasteiger partial charge in [-0.15, -0.1) is 0 Å². The minimum Gasteiger partial charge on any atom is -0.497 e. The maximum absolute atomic E-state index is 13.1. The molecule has 29 heavy (non-hydrogen) atoms. The maximum Gasteiger partial charge on any atom is 0.271 e. The predicted octanol–water partition coefficient (Wildman–Crippen LogP) is 4.12. The molecule has 1 aliphatic rings. The van der Waals surface area contributed by atoms with Crippen LogP contribution in [0.15, 0.2) is 71.8 Å². The van der Waals surface area contributed by atoms with E-state index in [1.54, 1.807) is 31.5 Å². The molecule has 0 unspecified atom stereocenters. The van der Waals surface area contributed by atoms with Crippen molar-refractivity contribution >= 4 is 17.8 Å². The summed E-state index contributed by atoms with van der Waals surface area (Å²) in [5, 5.41) is 4.03. The lowest BCUT2D eigenvalue weighted by molar-refractivity contribution is 0.0955. The Morgan fingerprint density at radius 1 is 1.03 bits per heavy atom. The molecule has 0 aromatic heterocycles. The van der Waals surface area contributed by atoms with E-state index in [0.29, 0.717) is 12.1 Å². The van der Waals surface area contributed by atoms with Gasteiger partial charge in [0.1, 0.15) is 11.6 Å². The number of methoxy groups -OCH3 is 1. The van der Waals surface area contributed by atoms with Crippen molar-refractivity contribution in [3.05, 3.63) is 94.8 Å². The molecular weight excluding hydrogens is 369 g/mol. The third-order valence-electron chi connectivity index (χ3n) is 4.88. The Kier molecular flexibility index (Phi) is 5.24. The molecule has 0 saturated carbocycles. The molecule has 1 aliphatic heterocycles. The third kappa shape index (κ3) is 4.27. The number of carbonyl (C=O) groups excluding carboxylic acids is 1. The Morgan fingerprint density at radius 3 is 2.48 bits per heavy atom. The van der Waals surface area contributed by atoms with Crippen molar-refractivity contribution < 1.29 is 13.9 Å². The SMILES string of the molecule is COc1ccc(/C=N/NC(=O)c2ccc3c(c2)CN(c2ccc(F)cc2)C3)cc1. The third-order valence-corrected chi connectivity index (χ3v) is 4.88. The molecule has 0 fully saturated rings. The number of hydrogen-bond acceptors (Lipinski definition) is 4. The number of nitrogens with one attached hydrogen (secondary N) is 1. The number of benzene rings is 3. The highest BCUT2D eigenvalue weighted by atomic mass is 19.1. The lowest BCUT2D eigenvalue weighted by Gasteiger charge is -2.17. The van der Waals surface area contributed by atoms with E-state index in [2.05, 4.69) is 15.4 Å². The summed E-state index contributed by atoms with van der Waals surface area (Å²) in [5.41, 5.74) is 7.17. The smallest absolute Gasteiger partial charge is 0.271 e. The van der Waals surface area contributed by atoms with Gasteiger partial charge in [0.05, 0.1) is 13.3 Å². The minimum absolute atomic E-state index is 0.250. The first kappa shape index (κ1) is 18.7. The summed E-state index contributed by atoms with van der Waals surface area (Å²) in [6.45, 7) is 1.41. The topological polar surface area (TPSA) is 53.9 Å². The first-order chi connectivity index (χ1) is 14.1. The fourth-order valence-electron chi connectivity index (χ4n) is 3.29. The van der Waals surface area contributed by atoms with Crippen LogP contribution in [0, 0.1) is 5.82 Å². The van der Waals surface area contributed by atoms with Gasteiger partial charge in [-0.1, -0.05) is 6.07 Å². The largest absolute Gasteiger partial charge is 0.497 e. The summed E-state index contributed by atoms with van der Waals surface area (Å²) in [7, 11) is 1.61. The second-order valence-corrected chi connectivity index (χ2v) is 6.79. The van der Waals surface area contributed by atoms with Crippen LogP contribution in [0.1, 0.15) is 27.0 Å². The Hall–Kier alpha value is -3.67. The molecule has 0 radical (unpaired) electrons. The molecular formula is C23H20FN3O2. The van der Waals surface area contributed by atoms with Gasteiger partial charge in [0.25, 0.3) is 5.91 Å². The summed E-state index contributed by atoms with van der Waals surface area (Å²) >= 11 is 0. The van der Waals surface area contributed by atoms with Crippen LogP contribution in [-0.2, 0) is 13.1 Å². The summed E-state index contributed by atoms with van der Waals surface area (Å²) in [5.74, 6) is 0.247. The Morgan fingerprint density at radius 2 is 1.76 bits per heavy atom. The quantitative estimate of drug-likeness (QED) is 0.528. The van der Waals surface area contributed by atoms with Gasteiger partial charge in [0.2, 0.25) is 0 Å². The van der Waals surface area contributed by atoms with Gasteiger partial charge in [-0.3, -0.25) is 4.79 Å². The predicted molar refractivity (Wildman–Crippen MR) is 111 cm³/mol. The second-order valence-electron chi connectivity index (χ2n) is 6.79.